The van der Waals surface area contributed by atoms with Crippen molar-refractivity contribution in [3.63, 3.8) is 0 Å². The zero-order valence-corrected chi connectivity index (χ0v) is 17.3. The van der Waals surface area contributed by atoms with Crippen molar-refractivity contribution in [1.29, 1.82) is 0 Å². The van der Waals surface area contributed by atoms with Gasteiger partial charge in [0.2, 0.25) is 10.0 Å². The Hall–Kier alpha value is -3.56. The predicted molar refractivity (Wildman–Crippen MR) is 112 cm³/mol. The number of imide groups is 1. The fourth-order valence-corrected chi connectivity index (χ4v) is 4.44. The molecule has 0 saturated carbocycles. The van der Waals surface area contributed by atoms with Crippen molar-refractivity contribution in [2.75, 3.05) is 0 Å². The summed E-state index contributed by atoms with van der Waals surface area (Å²) in [6, 6.07) is 14.2. The molecule has 1 aromatic heterocycles. The van der Waals surface area contributed by atoms with Crippen LogP contribution in [0, 0.1) is 0 Å². The smallest absolute Gasteiger partial charge is 0.258 e. The number of benzene rings is 2. The zero-order valence-electron chi connectivity index (χ0n) is 16.5. The molecule has 2 heterocycles. The summed E-state index contributed by atoms with van der Waals surface area (Å²) in [5, 5.41) is 2.15. The van der Waals surface area contributed by atoms with Crippen molar-refractivity contribution in [3.8, 4) is 5.75 Å². The summed E-state index contributed by atoms with van der Waals surface area (Å²) in [7, 11) is -3.91. The molecule has 8 nitrogen and oxygen atoms in total. The van der Waals surface area contributed by atoms with E-state index in [0.717, 1.165) is 11.1 Å². The Labute approximate surface area is 179 Å². The van der Waals surface area contributed by atoms with Crippen LogP contribution in [0.25, 0.3) is 0 Å². The van der Waals surface area contributed by atoms with E-state index in [1.807, 2.05) is 12.1 Å². The number of hydrogen-bond acceptors (Lipinski definition) is 6. The molecule has 0 fully saturated rings. The van der Waals surface area contributed by atoms with E-state index in [1.54, 1.807) is 43.6 Å². The number of fused-ring (bicyclic) bond motifs is 1. The average molecular weight is 437 g/mol. The number of carbonyl (C=O) groups is 2. The molecule has 3 aromatic rings. The van der Waals surface area contributed by atoms with Gasteiger partial charge in [0.15, 0.2) is 0 Å². The molecule has 9 heteroatoms. The van der Waals surface area contributed by atoms with Crippen LogP contribution in [0.15, 0.2) is 71.9 Å². The van der Waals surface area contributed by atoms with E-state index in [1.165, 1.54) is 18.2 Å². The Balaban J connectivity index is 1.44. The van der Waals surface area contributed by atoms with Gasteiger partial charge in [-0.25, -0.2) is 13.1 Å². The minimum Gasteiger partial charge on any atom is -0.489 e. The third-order valence-electron chi connectivity index (χ3n) is 4.86. The van der Waals surface area contributed by atoms with Gasteiger partial charge in [-0.2, -0.15) is 0 Å². The first-order chi connectivity index (χ1) is 14.8. The summed E-state index contributed by atoms with van der Waals surface area (Å²) in [6.07, 6.45) is 3.42. The number of nitrogens with zero attached hydrogens (tertiary/aromatic N) is 1. The first kappa shape index (κ1) is 20.7. The van der Waals surface area contributed by atoms with E-state index in [4.69, 9.17) is 4.74 Å². The largest absolute Gasteiger partial charge is 0.489 e. The molecule has 0 radical (unpaired) electrons. The maximum atomic E-state index is 12.8. The van der Waals surface area contributed by atoms with E-state index >= 15 is 0 Å². The maximum Gasteiger partial charge on any atom is 0.258 e. The van der Waals surface area contributed by atoms with Crippen molar-refractivity contribution in [3.05, 3.63) is 89.2 Å². The molecule has 2 N–H and O–H groups in total. The van der Waals surface area contributed by atoms with E-state index in [-0.39, 0.29) is 16.0 Å². The van der Waals surface area contributed by atoms with Gasteiger partial charge in [-0.05, 0) is 48.9 Å². The molecular weight excluding hydrogens is 418 g/mol. The molecule has 1 aliphatic rings. The van der Waals surface area contributed by atoms with E-state index in [2.05, 4.69) is 15.0 Å². The van der Waals surface area contributed by atoms with Crippen molar-refractivity contribution >= 4 is 21.8 Å². The van der Waals surface area contributed by atoms with Crippen LogP contribution < -0.4 is 14.8 Å². The van der Waals surface area contributed by atoms with Crippen LogP contribution in [-0.4, -0.2) is 25.2 Å². The maximum absolute atomic E-state index is 12.8. The third kappa shape index (κ3) is 4.47. The Morgan fingerprint density at radius 3 is 2.48 bits per heavy atom. The second-order valence-corrected chi connectivity index (χ2v) is 8.77. The van der Waals surface area contributed by atoms with Crippen LogP contribution in [0.1, 0.15) is 44.8 Å². The van der Waals surface area contributed by atoms with Crippen LogP contribution in [0.5, 0.6) is 5.75 Å². The second kappa shape index (κ2) is 8.29. The third-order valence-corrected chi connectivity index (χ3v) is 6.40. The molecule has 2 amide bonds. The number of hydrogen-bond donors (Lipinski definition) is 2. The Bertz CT molecular complexity index is 1240. The lowest BCUT2D eigenvalue weighted by atomic mass is 10.1. The number of sulfonamides is 1. The standard InChI is InChI=1S/C22H19N3O5S/c1-14(16-4-6-17(7-5-16)30-13-15-3-2-10-23-12-15)25-31(28,29)18-8-9-19-20(11-18)22(27)24-21(19)26/h2-12,14,25H,13H2,1H3,(H,24,26,27). The SMILES string of the molecule is CC(NS(=O)(=O)c1ccc2c(c1)C(=O)NC2=O)c1ccc(OCc2cccnc2)cc1. The van der Waals surface area contributed by atoms with E-state index < -0.39 is 27.9 Å². The first-order valence-electron chi connectivity index (χ1n) is 9.47. The van der Waals surface area contributed by atoms with Gasteiger partial charge in [-0.3, -0.25) is 19.9 Å². The van der Waals surface area contributed by atoms with Crippen molar-refractivity contribution in [1.82, 2.24) is 15.0 Å². The minimum atomic E-state index is -3.91. The molecule has 1 atom stereocenters. The first-order valence-corrected chi connectivity index (χ1v) is 11.0. The summed E-state index contributed by atoms with van der Waals surface area (Å²) in [5.41, 5.74) is 1.90. The number of rotatable bonds is 7. The summed E-state index contributed by atoms with van der Waals surface area (Å²) < 4.78 is 33.8. The molecule has 0 spiro atoms. The van der Waals surface area contributed by atoms with Crippen molar-refractivity contribution in [2.45, 2.75) is 24.5 Å². The van der Waals surface area contributed by atoms with Crippen LogP contribution in [0.2, 0.25) is 0 Å². The van der Waals surface area contributed by atoms with Gasteiger partial charge in [-0.15, -0.1) is 0 Å². The van der Waals surface area contributed by atoms with Gasteiger partial charge in [0.25, 0.3) is 11.8 Å². The van der Waals surface area contributed by atoms with Gasteiger partial charge in [0.1, 0.15) is 12.4 Å². The van der Waals surface area contributed by atoms with Crippen LogP contribution in [-0.2, 0) is 16.6 Å². The number of aromatic nitrogens is 1. The number of ether oxygens (including phenoxy) is 1. The van der Waals surface area contributed by atoms with Gasteiger partial charge in [-0.1, -0.05) is 18.2 Å². The molecule has 1 unspecified atom stereocenters. The second-order valence-electron chi connectivity index (χ2n) is 7.05. The van der Waals surface area contributed by atoms with Gasteiger partial charge < -0.3 is 4.74 Å². The lowest BCUT2D eigenvalue weighted by molar-refractivity contribution is 0.0879. The molecular formula is C22H19N3O5S. The Kier molecular flexibility index (Phi) is 5.53. The number of pyridine rings is 1. The Morgan fingerprint density at radius 2 is 1.77 bits per heavy atom. The molecule has 31 heavy (non-hydrogen) atoms. The molecule has 2 aromatic carbocycles. The Morgan fingerprint density at radius 1 is 1.03 bits per heavy atom. The average Bonchev–Trinajstić information content (AvgIpc) is 3.06. The predicted octanol–water partition coefficient (Wildman–Crippen LogP) is 2.58. The van der Waals surface area contributed by atoms with Crippen molar-refractivity contribution in [2.24, 2.45) is 0 Å². The van der Waals surface area contributed by atoms with Crippen LogP contribution in [0.3, 0.4) is 0 Å². The van der Waals surface area contributed by atoms with E-state index in [0.29, 0.717) is 12.4 Å². The van der Waals surface area contributed by atoms with Crippen molar-refractivity contribution < 1.29 is 22.7 Å². The van der Waals surface area contributed by atoms with Gasteiger partial charge >= 0.3 is 0 Å². The van der Waals surface area contributed by atoms with Crippen LogP contribution in [0.4, 0.5) is 0 Å². The number of carbonyl (C=O) groups excluding carboxylic acids is 2. The molecule has 0 aliphatic carbocycles. The van der Waals surface area contributed by atoms with Gasteiger partial charge in [0, 0.05) is 24.0 Å². The monoisotopic (exact) mass is 437 g/mol. The van der Waals surface area contributed by atoms with Crippen LogP contribution >= 0.6 is 0 Å². The highest BCUT2D eigenvalue weighted by Gasteiger charge is 2.29. The molecule has 0 bridgehead atoms. The normalized spacial score (nSPS) is 14.1. The summed E-state index contributed by atoms with van der Waals surface area (Å²) >= 11 is 0. The fraction of sp³-hybridized carbons (Fsp3) is 0.136. The minimum absolute atomic E-state index is 0.0515. The lowest BCUT2D eigenvalue weighted by Gasteiger charge is -2.16. The topological polar surface area (TPSA) is 114 Å². The summed E-state index contributed by atoms with van der Waals surface area (Å²) in [5.74, 6) is -0.486. The highest BCUT2D eigenvalue weighted by atomic mass is 32.2. The fourth-order valence-electron chi connectivity index (χ4n) is 3.19. The molecule has 1 aliphatic heterocycles. The highest BCUT2D eigenvalue weighted by Crippen LogP contribution is 2.23. The summed E-state index contributed by atoms with van der Waals surface area (Å²) in [6.45, 7) is 2.09. The quantitative estimate of drug-likeness (QED) is 0.549. The van der Waals surface area contributed by atoms with E-state index in [9.17, 15) is 18.0 Å². The number of nitrogens with one attached hydrogen (secondary N) is 2. The zero-order chi connectivity index (χ0) is 22.0. The molecule has 4 rings (SSSR count). The molecule has 158 valence electrons. The lowest BCUT2D eigenvalue weighted by Crippen LogP contribution is -2.27. The summed E-state index contributed by atoms with van der Waals surface area (Å²) in [4.78, 5) is 27.4. The number of amides is 2. The van der Waals surface area contributed by atoms with Gasteiger partial charge in [0.05, 0.1) is 16.0 Å². The highest BCUT2D eigenvalue weighted by molar-refractivity contribution is 7.89. The molecule has 0 saturated heterocycles.